The van der Waals surface area contributed by atoms with Crippen LogP contribution in [-0.2, 0) is 32.7 Å². The fourth-order valence-electron chi connectivity index (χ4n) is 8.61. The number of unbranched alkanes of at least 4 members (excludes halogenated alkanes) is 29. The largest absolute Gasteiger partial charge is 0.756 e. The molecule has 0 radical (unpaired) electrons. The van der Waals surface area contributed by atoms with E-state index in [1.807, 2.05) is 27.2 Å². The number of phosphoric ester groups is 1. The quantitative estimate of drug-likeness (QED) is 0.0195. The van der Waals surface area contributed by atoms with Crippen molar-refractivity contribution in [2.45, 2.75) is 277 Å². The molecule has 2 unspecified atom stereocenters. The molecule has 76 heavy (non-hydrogen) atoms. The molecule has 0 aromatic rings. The topological polar surface area (TPSA) is 111 Å². The SMILES string of the molecule is CC/C=C\C/C=C\C/C=C\C/C=C\C/C=C\CCCC(=O)OC(COC(=O)CCCCCCCCCCCCCCCCCCCCCCCCC/C=C\C/C=C\CCCCCCC)COP(=O)([O-])OCC[N+](C)(C)C. The lowest BCUT2D eigenvalue weighted by atomic mass is 10.0. The number of nitrogens with zero attached hydrogens (tertiary/aromatic N) is 1. The van der Waals surface area contributed by atoms with Gasteiger partial charge in [-0.05, 0) is 83.5 Å². The molecule has 0 bridgehead atoms. The minimum Gasteiger partial charge on any atom is -0.756 e. The summed E-state index contributed by atoms with van der Waals surface area (Å²) < 4.78 is 34.1. The van der Waals surface area contributed by atoms with E-state index in [-0.39, 0.29) is 26.1 Å². The Labute approximate surface area is 469 Å². The lowest BCUT2D eigenvalue weighted by Gasteiger charge is -2.28. The first-order valence-corrected chi connectivity index (χ1v) is 32.8. The first kappa shape index (κ1) is 73.2. The summed E-state index contributed by atoms with van der Waals surface area (Å²) in [6.07, 6.45) is 76.8. The van der Waals surface area contributed by atoms with E-state index >= 15 is 0 Å². The molecular weight excluding hydrogens is 966 g/mol. The number of carbonyl (C=O) groups excluding carboxylic acids is 2. The number of allylic oxidation sites excluding steroid dienone is 14. The van der Waals surface area contributed by atoms with Gasteiger partial charge in [0.05, 0.1) is 27.7 Å². The Morgan fingerprint density at radius 1 is 0.421 bits per heavy atom. The van der Waals surface area contributed by atoms with Crippen LogP contribution in [0.15, 0.2) is 85.1 Å². The first-order chi connectivity index (χ1) is 37.0. The third kappa shape index (κ3) is 60.4. The molecule has 0 aliphatic carbocycles. The van der Waals surface area contributed by atoms with Crippen LogP contribution in [0.25, 0.3) is 0 Å². The van der Waals surface area contributed by atoms with Gasteiger partial charge < -0.3 is 27.9 Å². The van der Waals surface area contributed by atoms with Crippen molar-refractivity contribution < 1.29 is 42.1 Å². The molecule has 9 nitrogen and oxygen atoms in total. The Morgan fingerprint density at radius 2 is 0.763 bits per heavy atom. The summed E-state index contributed by atoms with van der Waals surface area (Å²) in [5, 5.41) is 0. The maximum atomic E-state index is 12.7. The van der Waals surface area contributed by atoms with Gasteiger partial charge in [-0.1, -0.05) is 259 Å². The van der Waals surface area contributed by atoms with Crippen LogP contribution in [0.2, 0.25) is 0 Å². The van der Waals surface area contributed by atoms with Gasteiger partial charge in [-0.2, -0.15) is 0 Å². The molecule has 0 aromatic carbocycles. The predicted molar refractivity (Wildman–Crippen MR) is 323 cm³/mol. The number of ether oxygens (including phenoxy) is 2. The van der Waals surface area contributed by atoms with E-state index in [1.165, 1.54) is 173 Å². The van der Waals surface area contributed by atoms with Gasteiger partial charge in [0.1, 0.15) is 19.8 Å². The van der Waals surface area contributed by atoms with Gasteiger partial charge in [0.15, 0.2) is 6.10 Å². The van der Waals surface area contributed by atoms with Crippen molar-refractivity contribution >= 4 is 19.8 Å². The number of likely N-dealkylation sites (N-methyl/N-ethyl adjacent to an activating group) is 1. The molecule has 0 spiro atoms. The third-order valence-corrected chi connectivity index (χ3v) is 14.4. The number of hydrogen-bond donors (Lipinski definition) is 0. The molecule has 0 aromatic heterocycles. The Morgan fingerprint density at radius 3 is 1.16 bits per heavy atom. The normalized spacial score (nSPS) is 13.8. The van der Waals surface area contributed by atoms with Crippen LogP contribution >= 0.6 is 7.82 Å². The van der Waals surface area contributed by atoms with Gasteiger partial charge in [-0.15, -0.1) is 0 Å². The van der Waals surface area contributed by atoms with Gasteiger partial charge >= 0.3 is 11.9 Å². The number of rotatable bonds is 57. The molecule has 2 atom stereocenters. The maximum absolute atomic E-state index is 12.7. The van der Waals surface area contributed by atoms with Crippen molar-refractivity contribution in [3.8, 4) is 0 Å². The van der Waals surface area contributed by atoms with E-state index in [1.54, 1.807) is 0 Å². The summed E-state index contributed by atoms with van der Waals surface area (Å²) in [5.74, 6) is -0.897. The number of carbonyl (C=O) groups is 2. The van der Waals surface area contributed by atoms with Crippen LogP contribution < -0.4 is 4.89 Å². The summed E-state index contributed by atoms with van der Waals surface area (Å²) in [4.78, 5) is 37.8. The summed E-state index contributed by atoms with van der Waals surface area (Å²) in [6.45, 7) is 4.06. The number of phosphoric acid groups is 1. The van der Waals surface area contributed by atoms with Crippen molar-refractivity contribution in [3.63, 3.8) is 0 Å². The Kier molecular flexibility index (Phi) is 54.8. The second-order valence-electron chi connectivity index (χ2n) is 22.0. The van der Waals surface area contributed by atoms with Crippen molar-refractivity contribution in [1.82, 2.24) is 0 Å². The van der Waals surface area contributed by atoms with Gasteiger partial charge in [0, 0.05) is 12.8 Å². The zero-order chi connectivity index (χ0) is 55.6. The van der Waals surface area contributed by atoms with E-state index in [4.69, 9.17) is 18.5 Å². The third-order valence-electron chi connectivity index (χ3n) is 13.4. The van der Waals surface area contributed by atoms with Crippen molar-refractivity contribution in [1.29, 1.82) is 0 Å². The van der Waals surface area contributed by atoms with Gasteiger partial charge in [0.2, 0.25) is 0 Å². The summed E-state index contributed by atoms with van der Waals surface area (Å²) in [5.41, 5.74) is 0. The monoisotopic (exact) mass is 1080 g/mol. The minimum absolute atomic E-state index is 0.0438. The van der Waals surface area contributed by atoms with Crippen LogP contribution in [0.4, 0.5) is 0 Å². The van der Waals surface area contributed by atoms with Crippen LogP contribution in [0.1, 0.15) is 271 Å². The maximum Gasteiger partial charge on any atom is 0.306 e. The van der Waals surface area contributed by atoms with E-state index in [2.05, 4.69) is 92.8 Å². The van der Waals surface area contributed by atoms with Crippen LogP contribution in [0.3, 0.4) is 0 Å². The molecule has 0 fully saturated rings. The molecule has 0 N–H and O–H groups in total. The molecule has 440 valence electrons. The lowest BCUT2D eigenvalue weighted by Crippen LogP contribution is -2.37. The molecule has 0 heterocycles. The van der Waals surface area contributed by atoms with E-state index < -0.39 is 32.5 Å². The molecule has 0 aliphatic heterocycles. The van der Waals surface area contributed by atoms with E-state index in [0.29, 0.717) is 23.9 Å². The Balaban J connectivity index is 4.02. The zero-order valence-electron chi connectivity index (χ0n) is 49.9. The second-order valence-corrected chi connectivity index (χ2v) is 23.4. The average Bonchev–Trinajstić information content (AvgIpc) is 3.38. The van der Waals surface area contributed by atoms with Gasteiger partial charge in [-0.25, -0.2) is 0 Å². The summed E-state index contributed by atoms with van der Waals surface area (Å²) in [7, 11) is 1.13. The molecular formula is C66H118NO8P. The van der Waals surface area contributed by atoms with E-state index in [9.17, 15) is 19.0 Å². The fraction of sp³-hybridized carbons (Fsp3) is 0.758. The molecule has 0 saturated carbocycles. The average molecular weight is 1080 g/mol. The van der Waals surface area contributed by atoms with Crippen molar-refractivity contribution in [2.24, 2.45) is 0 Å². The number of quaternary nitrogens is 1. The van der Waals surface area contributed by atoms with Crippen LogP contribution in [0.5, 0.6) is 0 Å². The fourth-order valence-corrected chi connectivity index (χ4v) is 9.33. The molecule has 10 heteroatoms. The molecule has 0 aliphatic rings. The summed E-state index contributed by atoms with van der Waals surface area (Å²) in [6, 6.07) is 0. The Bertz CT molecular complexity index is 1560. The predicted octanol–water partition coefficient (Wildman–Crippen LogP) is 19.2. The first-order valence-electron chi connectivity index (χ1n) is 31.3. The zero-order valence-corrected chi connectivity index (χ0v) is 50.8. The van der Waals surface area contributed by atoms with Crippen molar-refractivity contribution in [2.75, 3.05) is 47.5 Å². The highest BCUT2D eigenvalue weighted by Crippen LogP contribution is 2.38. The van der Waals surface area contributed by atoms with Gasteiger partial charge in [0.25, 0.3) is 7.82 Å². The summed E-state index contributed by atoms with van der Waals surface area (Å²) >= 11 is 0. The highest BCUT2D eigenvalue weighted by Gasteiger charge is 2.21. The molecule has 0 rings (SSSR count). The smallest absolute Gasteiger partial charge is 0.306 e. The number of esters is 2. The van der Waals surface area contributed by atoms with Crippen LogP contribution in [-0.4, -0.2) is 70.0 Å². The highest BCUT2D eigenvalue weighted by molar-refractivity contribution is 7.45. The van der Waals surface area contributed by atoms with E-state index in [0.717, 1.165) is 57.8 Å². The molecule has 0 amide bonds. The second kappa shape index (κ2) is 56.9. The van der Waals surface area contributed by atoms with Gasteiger partial charge in [-0.3, -0.25) is 14.2 Å². The highest BCUT2D eigenvalue weighted by atomic mass is 31.2. The Hall–Kier alpha value is -2.81. The molecule has 0 saturated heterocycles. The standard InChI is InChI=1S/C66H118NO8P/c1-6-8-10-12-14-16-18-20-22-24-25-26-27-28-29-30-31-32-33-34-35-36-37-38-39-40-41-43-44-46-48-50-52-54-56-58-65(68)72-62-64(63-74-76(70,71)73-61-60-67(3,4)5)75-66(69)59-57-55-53-51-49-47-45-42-23-21-19-17-15-13-11-9-7-2/h9,11,15,17-18,20-21,23-25,45,47,51,53,64H,6-8,10,12-14,16,19,22,26-44,46,48-50,52,54-63H2,1-5H3/b11-9-,17-15-,20-18-,23-21-,25-24-,47-45-,53-51-. The number of hydrogen-bond acceptors (Lipinski definition) is 8. The lowest BCUT2D eigenvalue weighted by molar-refractivity contribution is -0.870. The minimum atomic E-state index is -4.65. The van der Waals surface area contributed by atoms with Crippen LogP contribution in [0, 0.1) is 0 Å². The van der Waals surface area contributed by atoms with Crippen molar-refractivity contribution in [3.05, 3.63) is 85.1 Å².